The van der Waals surface area contributed by atoms with Gasteiger partial charge in [-0.1, -0.05) is 6.42 Å². The zero-order valence-electron chi connectivity index (χ0n) is 15.5. The van der Waals surface area contributed by atoms with Gasteiger partial charge in [-0.3, -0.25) is 15.0 Å². The van der Waals surface area contributed by atoms with Gasteiger partial charge in [-0.2, -0.15) is 0 Å². The Kier molecular flexibility index (Phi) is 6.11. The number of ether oxygens (including phenoxy) is 2. The first-order valence-electron chi connectivity index (χ1n) is 8.81. The van der Waals surface area contributed by atoms with E-state index >= 15 is 0 Å². The molecule has 140 valence electrons. The molecule has 0 saturated carbocycles. The van der Waals surface area contributed by atoms with Gasteiger partial charge < -0.3 is 9.47 Å². The number of methoxy groups -OCH3 is 2. The highest BCUT2D eigenvalue weighted by molar-refractivity contribution is 7.13. The van der Waals surface area contributed by atoms with Crippen LogP contribution < -0.4 is 14.8 Å². The molecule has 0 atom stereocenters. The van der Waals surface area contributed by atoms with Crippen LogP contribution in [0.25, 0.3) is 0 Å². The second kappa shape index (κ2) is 8.51. The molecule has 2 aromatic rings. The summed E-state index contributed by atoms with van der Waals surface area (Å²) < 4.78 is 10.7. The number of hydrogen-bond acceptors (Lipinski definition) is 6. The Hall–Kier alpha value is -2.12. The summed E-state index contributed by atoms with van der Waals surface area (Å²) in [5.74, 6) is 1.03. The van der Waals surface area contributed by atoms with Crippen LogP contribution in [0.5, 0.6) is 11.5 Å². The maximum absolute atomic E-state index is 12.6. The maximum Gasteiger partial charge on any atom is 0.257 e. The van der Waals surface area contributed by atoms with Gasteiger partial charge >= 0.3 is 0 Å². The van der Waals surface area contributed by atoms with Gasteiger partial charge in [0.1, 0.15) is 11.5 Å². The van der Waals surface area contributed by atoms with E-state index in [1.165, 1.54) is 30.6 Å². The minimum Gasteiger partial charge on any atom is -0.496 e. The fourth-order valence-corrected chi connectivity index (χ4v) is 3.87. The fourth-order valence-electron chi connectivity index (χ4n) is 3.17. The Labute approximate surface area is 158 Å². The van der Waals surface area contributed by atoms with Crippen molar-refractivity contribution < 1.29 is 14.3 Å². The lowest BCUT2D eigenvalue weighted by atomic mass is 10.1. The van der Waals surface area contributed by atoms with Gasteiger partial charge in [-0.05, 0) is 45.0 Å². The van der Waals surface area contributed by atoms with Crippen molar-refractivity contribution in [2.24, 2.45) is 0 Å². The molecule has 0 unspecified atom stereocenters. The largest absolute Gasteiger partial charge is 0.496 e. The Bertz CT molecular complexity index is 744. The molecule has 1 aromatic heterocycles. The van der Waals surface area contributed by atoms with Crippen molar-refractivity contribution in [3.63, 3.8) is 0 Å². The molecular formula is C19H25N3O3S. The van der Waals surface area contributed by atoms with E-state index < -0.39 is 0 Å². The van der Waals surface area contributed by atoms with Crippen LogP contribution >= 0.6 is 11.3 Å². The van der Waals surface area contributed by atoms with E-state index in [2.05, 4.69) is 15.2 Å². The number of hydrogen-bond donors (Lipinski definition) is 1. The average Bonchev–Trinajstić information content (AvgIpc) is 3.09. The van der Waals surface area contributed by atoms with Crippen LogP contribution in [-0.4, -0.2) is 43.1 Å². The average molecular weight is 375 g/mol. The molecule has 6 nitrogen and oxygen atoms in total. The minimum absolute atomic E-state index is 0.222. The van der Waals surface area contributed by atoms with Gasteiger partial charge in [0.2, 0.25) is 0 Å². The number of carbonyl (C=O) groups excluding carboxylic acids is 1. The van der Waals surface area contributed by atoms with Gasteiger partial charge in [0.05, 0.1) is 19.9 Å². The Morgan fingerprint density at radius 2 is 1.85 bits per heavy atom. The predicted octanol–water partition coefficient (Wildman–Crippen LogP) is 3.71. The number of thiazole rings is 1. The summed E-state index contributed by atoms with van der Waals surface area (Å²) in [6.07, 6.45) is 3.83. The van der Waals surface area contributed by atoms with Crippen molar-refractivity contribution in [3.05, 3.63) is 34.3 Å². The molecule has 1 aromatic carbocycles. The van der Waals surface area contributed by atoms with Crippen LogP contribution in [0.3, 0.4) is 0 Å². The van der Waals surface area contributed by atoms with E-state index in [-0.39, 0.29) is 5.91 Å². The molecule has 1 amide bonds. The first-order valence-corrected chi connectivity index (χ1v) is 9.69. The number of aromatic nitrogens is 1. The zero-order chi connectivity index (χ0) is 18.5. The second-order valence-corrected chi connectivity index (χ2v) is 7.30. The summed E-state index contributed by atoms with van der Waals surface area (Å²) in [4.78, 5) is 19.6. The number of nitrogens with one attached hydrogen (secondary N) is 1. The quantitative estimate of drug-likeness (QED) is 0.834. The predicted molar refractivity (Wildman–Crippen MR) is 103 cm³/mol. The van der Waals surface area contributed by atoms with Crippen LogP contribution in [0.15, 0.2) is 17.5 Å². The van der Waals surface area contributed by atoms with Gasteiger partial charge in [0.25, 0.3) is 5.91 Å². The third-order valence-electron chi connectivity index (χ3n) is 4.62. The van der Waals surface area contributed by atoms with E-state index in [0.717, 1.165) is 30.9 Å². The number of anilines is 1. The number of piperidine rings is 1. The molecule has 2 heterocycles. The molecule has 1 aliphatic heterocycles. The molecule has 1 saturated heterocycles. The first-order chi connectivity index (χ1) is 12.6. The normalized spacial score (nSPS) is 14.9. The van der Waals surface area contributed by atoms with Crippen LogP contribution in [0.2, 0.25) is 0 Å². The third kappa shape index (κ3) is 4.34. The molecule has 0 aliphatic carbocycles. The van der Waals surface area contributed by atoms with E-state index in [1.54, 1.807) is 26.4 Å². The highest BCUT2D eigenvalue weighted by Gasteiger charge is 2.16. The molecule has 1 N–H and O–H groups in total. The van der Waals surface area contributed by atoms with Crippen molar-refractivity contribution >= 4 is 22.4 Å². The monoisotopic (exact) mass is 375 g/mol. The highest BCUT2D eigenvalue weighted by atomic mass is 32.1. The van der Waals surface area contributed by atoms with Crippen molar-refractivity contribution in [2.75, 3.05) is 32.6 Å². The molecule has 1 aliphatic rings. The van der Waals surface area contributed by atoms with Crippen LogP contribution in [-0.2, 0) is 6.54 Å². The number of amides is 1. The van der Waals surface area contributed by atoms with Crippen LogP contribution in [0.1, 0.15) is 40.9 Å². The van der Waals surface area contributed by atoms with Crippen molar-refractivity contribution in [2.45, 2.75) is 32.7 Å². The van der Waals surface area contributed by atoms with Gasteiger partial charge in [-0.25, -0.2) is 4.98 Å². The van der Waals surface area contributed by atoms with Crippen molar-refractivity contribution in [1.82, 2.24) is 9.88 Å². The van der Waals surface area contributed by atoms with E-state index in [9.17, 15) is 4.79 Å². The molecule has 1 fully saturated rings. The molecule has 0 spiro atoms. The highest BCUT2D eigenvalue weighted by Crippen LogP contribution is 2.30. The minimum atomic E-state index is -0.222. The van der Waals surface area contributed by atoms with E-state index in [4.69, 9.17) is 9.47 Å². The second-order valence-electron chi connectivity index (χ2n) is 6.44. The van der Waals surface area contributed by atoms with Crippen LogP contribution in [0, 0.1) is 6.92 Å². The molecule has 7 heteroatoms. The fraction of sp³-hybridized carbons (Fsp3) is 0.474. The van der Waals surface area contributed by atoms with Gasteiger partial charge in [-0.15, -0.1) is 11.3 Å². The standard InChI is InChI=1S/C19H25N3O3S/c1-13-16(24-2)9-14(10-17(13)25-3)18(23)21-19-20-15(12-26-19)11-22-7-5-4-6-8-22/h9-10,12H,4-8,11H2,1-3H3,(H,20,21,23). The number of rotatable bonds is 6. The Balaban J connectivity index is 1.68. The summed E-state index contributed by atoms with van der Waals surface area (Å²) in [7, 11) is 3.16. The van der Waals surface area contributed by atoms with Gasteiger partial charge in [0.15, 0.2) is 5.13 Å². The molecular weight excluding hydrogens is 350 g/mol. The maximum atomic E-state index is 12.6. The lowest BCUT2D eigenvalue weighted by Crippen LogP contribution is -2.29. The lowest BCUT2D eigenvalue weighted by Gasteiger charge is -2.25. The first kappa shape index (κ1) is 18.7. The lowest BCUT2D eigenvalue weighted by molar-refractivity contribution is 0.102. The third-order valence-corrected chi connectivity index (χ3v) is 5.43. The number of carbonyl (C=O) groups is 1. The Morgan fingerprint density at radius 1 is 1.19 bits per heavy atom. The zero-order valence-corrected chi connectivity index (χ0v) is 16.3. The van der Waals surface area contributed by atoms with Gasteiger partial charge in [0, 0.05) is 23.1 Å². The molecule has 26 heavy (non-hydrogen) atoms. The summed E-state index contributed by atoms with van der Waals surface area (Å²) in [5, 5.41) is 5.50. The number of nitrogens with zero attached hydrogens (tertiary/aromatic N) is 2. The van der Waals surface area contributed by atoms with E-state index in [1.807, 2.05) is 12.3 Å². The molecule has 3 rings (SSSR count). The van der Waals surface area contributed by atoms with Crippen LogP contribution in [0.4, 0.5) is 5.13 Å². The van der Waals surface area contributed by atoms with Crippen molar-refractivity contribution in [1.29, 1.82) is 0 Å². The van der Waals surface area contributed by atoms with Crippen molar-refractivity contribution in [3.8, 4) is 11.5 Å². The summed E-state index contributed by atoms with van der Waals surface area (Å²) >= 11 is 1.45. The molecule has 0 radical (unpaired) electrons. The van der Waals surface area contributed by atoms with E-state index in [0.29, 0.717) is 22.2 Å². The summed E-state index contributed by atoms with van der Waals surface area (Å²) in [5.41, 5.74) is 2.35. The Morgan fingerprint density at radius 3 is 2.46 bits per heavy atom. The smallest absolute Gasteiger partial charge is 0.257 e. The number of benzene rings is 1. The number of likely N-dealkylation sites (tertiary alicyclic amines) is 1. The summed E-state index contributed by atoms with van der Waals surface area (Å²) in [6.45, 7) is 5.00. The summed E-state index contributed by atoms with van der Waals surface area (Å²) in [6, 6.07) is 3.44. The SMILES string of the molecule is COc1cc(C(=O)Nc2nc(CN3CCCCC3)cs2)cc(OC)c1C. The topological polar surface area (TPSA) is 63.7 Å². The molecule has 0 bridgehead atoms.